The standard InChI is InChI=1S/C18H15N3O3S/c1-2-21-16(22)15(10-12-5-7-13(8-6-12)17(23)24)25-18(21)20-14-4-3-9-19-11-14/h3-11H,2H2,1H3,(H,23,24)/b15-10-,20-18?. The summed E-state index contributed by atoms with van der Waals surface area (Å²) < 4.78 is 0. The van der Waals surface area contributed by atoms with Crippen molar-refractivity contribution in [3.05, 3.63) is 64.8 Å². The smallest absolute Gasteiger partial charge is 0.335 e. The Hall–Kier alpha value is -2.93. The summed E-state index contributed by atoms with van der Waals surface area (Å²) in [7, 11) is 0. The fourth-order valence-corrected chi connectivity index (χ4v) is 3.34. The number of pyridine rings is 1. The van der Waals surface area contributed by atoms with Crippen LogP contribution < -0.4 is 0 Å². The van der Waals surface area contributed by atoms with E-state index in [2.05, 4.69) is 9.98 Å². The largest absolute Gasteiger partial charge is 0.478 e. The van der Waals surface area contributed by atoms with Gasteiger partial charge in [-0.15, -0.1) is 0 Å². The maximum atomic E-state index is 12.6. The Labute approximate surface area is 148 Å². The molecule has 1 amide bonds. The fraction of sp³-hybridized carbons (Fsp3) is 0.111. The minimum absolute atomic E-state index is 0.113. The van der Waals surface area contributed by atoms with Crippen LogP contribution in [0.2, 0.25) is 0 Å². The van der Waals surface area contributed by atoms with E-state index in [1.807, 2.05) is 13.0 Å². The zero-order chi connectivity index (χ0) is 17.8. The lowest BCUT2D eigenvalue weighted by molar-refractivity contribution is -0.122. The number of benzene rings is 1. The van der Waals surface area contributed by atoms with Gasteiger partial charge in [-0.05, 0) is 54.6 Å². The van der Waals surface area contributed by atoms with Gasteiger partial charge in [-0.25, -0.2) is 9.79 Å². The molecule has 1 fully saturated rings. The van der Waals surface area contributed by atoms with Crippen LogP contribution in [0.5, 0.6) is 0 Å². The molecule has 1 saturated heterocycles. The van der Waals surface area contributed by atoms with Crippen molar-refractivity contribution in [3.63, 3.8) is 0 Å². The summed E-state index contributed by atoms with van der Waals surface area (Å²) in [6, 6.07) is 10.00. The first-order valence-corrected chi connectivity index (χ1v) is 8.43. The van der Waals surface area contributed by atoms with E-state index in [1.165, 1.54) is 23.9 Å². The van der Waals surface area contributed by atoms with E-state index in [-0.39, 0.29) is 11.5 Å². The van der Waals surface area contributed by atoms with Gasteiger partial charge in [-0.1, -0.05) is 12.1 Å². The van der Waals surface area contributed by atoms with Gasteiger partial charge >= 0.3 is 5.97 Å². The molecule has 126 valence electrons. The van der Waals surface area contributed by atoms with Crippen molar-refractivity contribution in [2.45, 2.75) is 6.92 Å². The number of aliphatic imine (C=N–C) groups is 1. The van der Waals surface area contributed by atoms with Crippen LogP contribution in [0.25, 0.3) is 6.08 Å². The molecule has 1 aliphatic rings. The van der Waals surface area contributed by atoms with Crippen molar-refractivity contribution < 1.29 is 14.7 Å². The Morgan fingerprint density at radius 3 is 2.68 bits per heavy atom. The number of thioether (sulfide) groups is 1. The van der Waals surface area contributed by atoms with Crippen LogP contribution in [-0.2, 0) is 4.79 Å². The number of rotatable bonds is 4. The Kier molecular flexibility index (Phi) is 4.95. The van der Waals surface area contributed by atoms with Crippen LogP contribution in [0.15, 0.2) is 58.7 Å². The molecule has 6 nitrogen and oxygen atoms in total. The second-order valence-corrected chi connectivity index (χ2v) is 6.20. The maximum absolute atomic E-state index is 12.6. The molecule has 0 saturated carbocycles. The minimum Gasteiger partial charge on any atom is -0.478 e. The van der Waals surface area contributed by atoms with Crippen LogP contribution in [0.1, 0.15) is 22.8 Å². The zero-order valence-corrected chi connectivity index (χ0v) is 14.2. The van der Waals surface area contributed by atoms with Gasteiger partial charge in [0.05, 0.1) is 22.4 Å². The highest BCUT2D eigenvalue weighted by atomic mass is 32.2. The molecule has 0 aliphatic carbocycles. The van der Waals surface area contributed by atoms with Crippen molar-refractivity contribution in [1.82, 2.24) is 9.88 Å². The second-order valence-electron chi connectivity index (χ2n) is 5.19. The van der Waals surface area contributed by atoms with E-state index in [0.29, 0.717) is 22.3 Å². The molecule has 2 heterocycles. The highest BCUT2D eigenvalue weighted by molar-refractivity contribution is 8.18. The Morgan fingerprint density at radius 2 is 2.08 bits per heavy atom. The molecule has 7 heteroatoms. The Bertz CT molecular complexity index is 861. The highest BCUT2D eigenvalue weighted by Gasteiger charge is 2.32. The quantitative estimate of drug-likeness (QED) is 0.852. The molecule has 1 aromatic heterocycles. The molecule has 0 spiro atoms. The number of carboxylic acid groups (broad SMARTS) is 1. The first-order valence-electron chi connectivity index (χ1n) is 7.62. The van der Waals surface area contributed by atoms with Crippen LogP contribution >= 0.6 is 11.8 Å². The lowest BCUT2D eigenvalue weighted by Gasteiger charge is -2.11. The molecule has 0 bridgehead atoms. The maximum Gasteiger partial charge on any atom is 0.335 e. The molecule has 1 aliphatic heterocycles. The lowest BCUT2D eigenvalue weighted by Crippen LogP contribution is -2.28. The van der Waals surface area contributed by atoms with E-state index in [0.717, 1.165) is 5.56 Å². The second kappa shape index (κ2) is 7.31. The first kappa shape index (κ1) is 16.9. The van der Waals surface area contributed by atoms with Crippen molar-refractivity contribution in [2.75, 3.05) is 6.54 Å². The number of aromatic carboxylic acids is 1. The molecule has 2 aromatic rings. The molecule has 25 heavy (non-hydrogen) atoms. The van der Waals surface area contributed by atoms with Gasteiger partial charge in [0.15, 0.2) is 5.17 Å². The van der Waals surface area contributed by atoms with Crippen molar-refractivity contribution in [2.24, 2.45) is 4.99 Å². The van der Waals surface area contributed by atoms with Crippen molar-refractivity contribution >= 4 is 40.6 Å². The summed E-state index contributed by atoms with van der Waals surface area (Å²) in [5.74, 6) is -1.09. The average Bonchev–Trinajstić information content (AvgIpc) is 2.91. The SMILES string of the molecule is CCN1C(=O)/C(=C/c2ccc(C(=O)O)cc2)SC1=Nc1cccnc1. The number of amides is 1. The van der Waals surface area contributed by atoms with Crippen molar-refractivity contribution in [3.8, 4) is 0 Å². The molecule has 1 N–H and O–H groups in total. The number of carboxylic acids is 1. The van der Waals surface area contributed by atoms with E-state index in [9.17, 15) is 9.59 Å². The summed E-state index contributed by atoms with van der Waals surface area (Å²) in [6.07, 6.45) is 5.05. The monoisotopic (exact) mass is 353 g/mol. The predicted molar refractivity (Wildman–Crippen MR) is 97.7 cm³/mol. The van der Waals surface area contributed by atoms with Gasteiger partial charge in [-0.2, -0.15) is 0 Å². The van der Waals surface area contributed by atoms with E-state index in [4.69, 9.17) is 5.11 Å². The molecule has 0 atom stereocenters. The highest BCUT2D eigenvalue weighted by Crippen LogP contribution is 2.33. The van der Waals surface area contributed by atoms with Crippen LogP contribution in [0.4, 0.5) is 5.69 Å². The van der Waals surface area contributed by atoms with Crippen molar-refractivity contribution in [1.29, 1.82) is 0 Å². The van der Waals surface area contributed by atoms with Gasteiger partial charge < -0.3 is 5.11 Å². The molecule has 3 rings (SSSR count). The predicted octanol–water partition coefficient (Wildman–Crippen LogP) is 3.40. The van der Waals surface area contributed by atoms with E-state index in [1.54, 1.807) is 41.6 Å². The zero-order valence-electron chi connectivity index (χ0n) is 13.4. The summed E-state index contributed by atoms with van der Waals surface area (Å²) in [6.45, 7) is 2.40. The topological polar surface area (TPSA) is 82.9 Å². The third kappa shape index (κ3) is 3.77. The number of amidine groups is 1. The minimum atomic E-state index is -0.978. The Balaban J connectivity index is 1.89. The molecule has 0 unspecified atom stereocenters. The third-order valence-corrected chi connectivity index (χ3v) is 4.54. The number of carbonyl (C=O) groups is 2. The fourth-order valence-electron chi connectivity index (χ4n) is 2.27. The van der Waals surface area contributed by atoms with E-state index >= 15 is 0 Å². The van der Waals surface area contributed by atoms with Crippen LogP contribution in [0, 0.1) is 0 Å². The van der Waals surface area contributed by atoms with Crippen LogP contribution in [-0.4, -0.2) is 38.6 Å². The number of hydrogen-bond acceptors (Lipinski definition) is 5. The normalized spacial score (nSPS) is 17.5. The first-order chi connectivity index (χ1) is 12.1. The number of hydrogen-bond donors (Lipinski definition) is 1. The van der Waals surface area contributed by atoms with Gasteiger partial charge in [0.1, 0.15) is 0 Å². The van der Waals surface area contributed by atoms with Gasteiger partial charge in [0.25, 0.3) is 5.91 Å². The van der Waals surface area contributed by atoms with Gasteiger partial charge in [0, 0.05) is 12.7 Å². The van der Waals surface area contributed by atoms with Gasteiger partial charge in [0.2, 0.25) is 0 Å². The number of carbonyl (C=O) groups excluding carboxylic acids is 1. The molecule has 1 aromatic carbocycles. The summed E-state index contributed by atoms with van der Waals surface area (Å²) in [4.78, 5) is 34.1. The summed E-state index contributed by atoms with van der Waals surface area (Å²) >= 11 is 1.30. The number of likely N-dealkylation sites (N-methyl/N-ethyl adjacent to an activating group) is 1. The van der Waals surface area contributed by atoms with E-state index < -0.39 is 5.97 Å². The van der Waals surface area contributed by atoms with Crippen LogP contribution in [0.3, 0.4) is 0 Å². The molecular formula is C18H15N3O3S. The molecular weight excluding hydrogens is 338 g/mol. The lowest BCUT2D eigenvalue weighted by atomic mass is 10.1. The van der Waals surface area contributed by atoms with Gasteiger partial charge in [-0.3, -0.25) is 14.7 Å². The number of nitrogens with zero attached hydrogens (tertiary/aromatic N) is 3. The summed E-state index contributed by atoms with van der Waals surface area (Å²) in [5.41, 5.74) is 1.66. The summed E-state index contributed by atoms with van der Waals surface area (Å²) in [5, 5.41) is 9.55. The average molecular weight is 353 g/mol. The number of aromatic nitrogens is 1. The third-order valence-electron chi connectivity index (χ3n) is 3.53. The molecule has 0 radical (unpaired) electrons. The Morgan fingerprint density at radius 1 is 1.32 bits per heavy atom.